The number of benzene rings is 2. The standard InChI is InChI=1S/C19H19NO2/c21-20-15-10-12-19(13-11-15)17-9-5-4-8-16(17)18(22-19)14-6-2-1-3-7-14/h1-9,15,18H,10-13H2. The molecule has 0 N–H and O–H groups in total. The molecule has 1 heterocycles. The van der Waals surface area contributed by atoms with Crippen molar-refractivity contribution in [3.05, 3.63) is 76.2 Å². The molecule has 2 aliphatic rings. The van der Waals surface area contributed by atoms with Crippen LogP contribution in [0.25, 0.3) is 0 Å². The molecule has 0 bridgehead atoms. The smallest absolute Gasteiger partial charge is 0.109 e. The number of hydrogen-bond acceptors (Lipinski definition) is 3. The fourth-order valence-corrected chi connectivity index (χ4v) is 3.93. The third-order valence-electron chi connectivity index (χ3n) is 5.09. The predicted octanol–water partition coefficient (Wildman–Crippen LogP) is 4.71. The van der Waals surface area contributed by atoms with E-state index in [1.165, 1.54) is 16.7 Å². The molecule has 4 rings (SSSR count). The van der Waals surface area contributed by atoms with Crippen molar-refractivity contribution >= 4 is 0 Å². The van der Waals surface area contributed by atoms with Gasteiger partial charge in [0.15, 0.2) is 0 Å². The minimum atomic E-state index is -0.238. The summed E-state index contributed by atoms with van der Waals surface area (Å²) in [4.78, 5) is 10.8. The Balaban J connectivity index is 1.73. The van der Waals surface area contributed by atoms with Crippen molar-refractivity contribution in [3.8, 4) is 0 Å². The first-order chi connectivity index (χ1) is 10.8. The Morgan fingerprint density at radius 1 is 0.955 bits per heavy atom. The summed E-state index contributed by atoms with van der Waals surface area (Å²) in [6.07, 6.45) is 3.39. The fourth-order valence-electron chi connectivity index (χ4n) is 3.93. The predicted molar refractivity (Wildman–Crippen MR) is 85.5 cm³/mol. The van der Waals surface area contributed by atoms with E-state index in [0.29, 0.717) is 0 Å². The molecule has 3 heteroatoms. The zero-order chi connectivity index (χ0) is 15.0. The Labute approximate surface area is 130 Å². The van der Waals surface area contributed by atoms with E-state index in [4.69, 9.17) is 4.74 Å². The molecule has 1 saturated carbocycles. The van der Waals surface area contributed by atoms with E-state index in [1.807, 2.05) is 6.07 Å². The summed E-state index contributed by atoms with van der Waals surface area (Å²) in [5.41, 5.74) is 3.53. The first-order valence-electron chi connectivity index (χ1n) is 7.97. The second-order valence-corrected chi connectivity index (χ2v) is 6.33. The van der Waals surface area contributed by atoms with Crippen molar-refractivity contribution in [3.63, 3.8) is 0 Å². The molecule has 0 amide bonds. The molecular formula is C19H19NO2. The van der Waals surface area contributed by atoms with E-state index < -0.39 is 0 Å². The van der Waals surface area contributed by atoms with Gasteiger partial charge in [0.05, 0.1) is 11.6 Å². The molecule has 1 unspecified atom stereocenters. The van der Waals surface area contributed by atoms with Gasteiger partial charge < -0.3 is 4.74 Å². The van der Waals surface area contributed by atoms with Gasteiger partial charge in [0, 0.05) is 0 Å². The van der Waals surface area contributed by atoms with Crippen molar-refractivity contribution in [1.29, 1.82) is 0 Å². The summed E-state index contributed by atoms with van der Waals surface area (Å²) in [5.74, 6) is 0. The molecule has 3 nitrogen and oxygen atoms in total. The third-order valence-corrected chi connectivity index (χ3v) is 5.09. The van der Waals surface area contributed by atoms with Gasteiger partial charge in [-0.2, -0.15) is 4.91 Å². The summed E-state index contributed by atoms with van der Waals surface area (Å²) in [7, 11) is 0. The quantitative estimate of drug-likeness (QED) is 0.752. The van der Waals surface area contributed by atoms with E-state index in [2.05, 4.69) is 53.7 Å². The largest absolute Gasteiger partial charge is 0.358 e. The monoisotopic (exact) mass is 293 g/mol. The first kappa shape index (κ1) is 13.6. The molecule has 0 aromatic heterocycles. The van der Waals surface area contributed by atoms with E-state index in [-0.39, 0.29) is 17.7 Å². The van der Waals surface area contributed by atoms with Crippen LogP contribution in [0.3, 0.4) is 0 Å². The molecule has 1 aliphatic carbocycles. The van der Waals surface area contributed by atoms with Crippen LogP contribution in [0.15, 0.2) is 59.8 Å². The van der Waals surface area contributed by atoms with Gasteiger partial charge in [-0.05, 0) is 42.4 Å². The molecule has 1 spiro atoms. The first-order valence-corrected chi connectivity index (χ1v) is 7.97. The molecule has 1 atom stereocenters. The minimum Gasteiger partial charge on any atom is -0.358 e. The Hall–Kier alpha value is -2.00. The van der Waals surface area contributed by atoms with Crippen molar-refractivity contribution in [2.75, 3.05) is 0 Å². The number of nitrogens with zero attached hydrogens (tertiary/aromatic N) is 1. The summed E-state index contributed by atoms with van der Waals surface area (Å²) >= 11 is 0. The van der Waals surface area contributed by atoms with Crippen LogP contribution in [0.5, 0.6) is 0 Å². The summed E-state index contributed by atoms with van der Waals surface area (Å²) in [6.45, 7) is 0. The highest BCUT2D eigenvalue weighted by molar-refractivity contribution is 5.43. The molecule has 2 aromatic carbocycles. The lowest BCUT2D eigenvalue weighted by Gasteiger charge is -2.36. The van der Waals surface area contributed by atoms with Gasteiger partial charge in [-0.15, -0.1) is 0 Å². The number of ether oxygens (including phenoxy) is 1. The topological polar surface area (TPSA) is 38.7 Å². The average Bonchev–Trinajstić information content (AvgIpc) is 2.91. The summed E-state index contributed by atoms with van der Waals surface area (Å²) in [5, 5.41) is 3.23. The molecule has 22 heavy (non-hydrogen) atoms. The molecule has 1 aliphatic heterocycles. The molecular weight excluding hydrogens is 274 g/mol. The Kier molecular flexibility index (Phi) is 3.30. The Morgan fingerprint density at radius 3 is 2.36 bits per heavy atom. The van der Waals surface area contributed by atoms with Gasteiger partial charge in [0.1, 0.15) is 6.10 Å². The zero-order valence-electron chi connectivity index (χ0n) is 12.4. The van der Waals surface area contributed by atoms with Crippen LogP contribution in [-0.2, 0) is 10.3 Å². The van der Waals surface area contributed by atoms with Crippen LogP contribution in [0, 0.1) is 4.91 Å². The zero-order valence-corrected chi connectivity index (χ0v) is 12.4. The number of fused-ring (bicyclic) bond motifs is 2. The van der Waals surface area contributed by atoms with Gasteiger partial charge >= 0.3 is 0 Å². The van der Waals surface area contributed by atoms with Crippen LogP contribution < -0.4 is 0 Å². The summed E-state index contributed by atoms with van der Waals surface area (Å²) < 4.78 is 6.60. The van der Waals surface area contributed by atoms with Crippen LogP contribution >= 0.6 is 0 Å². The van der Waals surface area contributed by atoms with E-state index in [9.17, 15) is 4.91 Å². The van der Waals surface area contributed by atoms with Crippen molar-refractivity contribution in [2.45, 2.75) is 43.4 Å². The number of nitroso groups, excluding NO2 is 1. The molecule has 0 saturated heterocycles. The van der Waals surface area contributed by atoms with Gasteiger partial charge in [0.25, 0.3) is 0 Å². The summed E-state index contributed by atoms with van der Waals surface area (Å²) in [6, 6.07) is 18.9. The van der Waals surface area contributed by atoms with Crippen molar-refractivity contribution in [2.24, 2.45) is 5.18 Å². The SMILES string of the molecule is O=NC1CCC2(CC1)OC(c1ccccc1)c1ccccc12. The third kappa shape index (κ3) is 2.08. The average molecular weight is 293 g/mol. The van der Waals surface area contributed by atoms with E-state index >= 15 is 0 Å². The van der Waals surface area contributed by atoms with Crippen molar-refractivity contribution < 1.29 is 4.74 Å². The fraction of sp³-hybridized carbons (Fsp3) is 0.368. The highest BCUT2D eigenvalue weighted by Gasteiger charge is 2.47. The lowest BCUT2D eigenvalue weighted by Crippen LogP contribution is -2.32. The highest BCUT2D eigenvalue weighted by Crippen LogP contribution is 2.53. The van der Waals surface area contributed by atoms with Crippen LogP contribution in [-0.4, -0.2) is 6.04 Å². The Morgan fingerprint density at radius 2 is 1.64 bits per heavy atom. The lowest BCUT2D eigenvalue weighted by molar-refractivity contribution is -0.0864. The number of rotatable bonds is 2. The minimum absolute atomic E-state index is 0.00172. The molecule has 0 radical (unpaired) electrons. The maximum absolute atomic E-state index is 10.8. The van der Waals surface area contributed by atoms with Crippen LogP contribution in [0.2, 0.25) is 0 Å². The molecule has 112 valence electrons. The number of hydrogen-bond donors (Lipinski definition) is 0. The molecule has 2 aromatic rings. The van der Waals surface area contributed by atoms with E-state index in [0.717, 1.165) is 25.7 Å². The second kappa shape index (κ2) is 5.33. The van der Waals surface area contributed by atoms with Gasteiger partial charge in [-0.3, -0.25) is 0 Å². The molecule has 1 fully saturated rings. The normalized spacial score (nSPS) is 30.2. The van der Waals surface area contributed by atoms with Crippen LogP contribution in [0.4, 0.5) is 0 Å². The van der Waals surface area contributed by atoms with E-state index in [1.54, 1.807) is 0 Å². The Bertz CT molecular complexity index is 675. The lowest BCUT2D eigenvalue weighted by atomic mass is 9.77. The second-order valence-electron chi connectivity index (χ2n) is 6.33. The maximum atomic E-state index is 10.8. The van der Waals surface area contributed by atoms with Gasteiger partial charge in [0.2, 0.25) is 0 Å². The van der Waals surface area contributed by atoms with Gasteiger partial charge in [-0.25, -0.2) is 0 Å². The highest BCUT2D eigenvalue weighted by atomic mass is 16.5. The maximum Gasteiger partial charge on any atom is 0.109 e. The van der Waals surface area contributed by atoms with Gasteiger partial charge in [-0.1, -0.05) is 59.8 Å². The van der Waals surface area contributed by atoms with Crippen molar-refractivity contribution in [1.82, 2.24) is 0 Å². The van der Waals surface area contributed by atoms with Crippen LogP contribution in [0.1, 0.15) is 48.5 Å².